The van der Waals surface area contributed by atoms with Crippen molar-refractivity contribution < 1.29 is 14.6 Å². The number of thiocarbonyl (C=S) groups is 1. The average Bonchev–Trinajstić information content (AvgIpc) is 2.87. The number of nitrogens with zero attached hydrogens (tertiary/aromatic N) is 1. The summed E-state index contributed by atoms with van der Waals surface area (Å²) in [6, 6.07) is 9.35. The average molecular weight is 497 g/mol. The van der Waals surface area contributed by atoms with Crippen LogP contribution in [0.5, 0.6) is 11.5 Å². The van der Waals surface area contributed by atoms with E-state index in [9.17, 15) is 9.90 Å². The van der Waals surface area contributed by atoms with Gasteiger partial charge >= 0.3 is 0 Å². The van der Waals surface area contributed by atoms with Crippen LogP contribution in [0, 0.1) is 17.4 Å². The Bertz CT molecular complexity index is 956. The molecule has 0 unspecified atom stereocenters. The SMILES string of the molecule is COc1cc(C=C2SC(=S)N(c3ccc(C)c(C)c3)C2=O)cc(I)c1O. The molecule has 4 nitrogen and oxygen atoms in total. The summed E-state index contributed by atoms with van der Waals surface area (Å²) in [7, 11) is 1.49. The molecule has 2 aromatic rings. The number of thioether (sulfide) groups is 1. The predicted octanol–water partition coefficient (Wildman–Crippen LogP) is 5.03. The molecule has 134 valence electrons. The molecule has 1 amide bonds. The topological polar surface area (TPSA) is 49.8 Å². The first-order chi connectivity index (χ1) is 12.3. The van der Waals surface area contributed by atoms with Crippen molar-refractivity contribution in [3.05, 3.63) is 55.5 Å². The van der Waals surface area contributed by atoms with E-state index in [1.54, 1.807) is 23.1 Å². The fourth-order valence-electron chi connectivity index (χ4n) is 2.54. The Morgan fingerprint density at radius 2 is 1.96 bits per heavy atom. The van der Waals surface area contributed by atoms with Crippen LogP contribution < -0.4 is 9.64 Å². The number of aryl methyl sites for hydroxylation is 2. The highest BCUT2D eigenvalue weighted by atomic mass is 127. The van der Waals surface area contributed by atoms with Crippen molar-refractivity contribution in [3.8, 4) is 11.5 Å². The Balaban J connectivity index is 1.97. The molecule has 0 bridgehead atoms. The number of halogens is 1. The summed E-state index contributed by atoms with van der Waals surface area (Å²) in [4.78, 5) is 15.0. The molecule has 1 aliphatic heterocycles. The fourth-order valence-corrected chi connectivity index (χ4v) is 4.46. The molecule has 3 rings (SSSR count). The molecule has 1 aliphatic rings. The van der Waals surface area contributed by atoms with Gasteiger partial charge in [-0.25, -0.2) is 0 Å². The number of methoxy groups -OCH3 is 1. The highest BCUT2D eigenvalue weighted by Crippen LogP contribution is 2.38. The number of phenolic OH excluding ortho intramolecular Hbond substituents is 1. The van der Waals surface area contributed by atoms with E-state index < -0.39 is 0 Å². The van der Waals surface area contributed by atoms with Gasteiger partial charge in [0.25, 0.3) is 5.91 Å². The number of carbonyl (C=O) groups is 1. The van der Waals surface area contributed by atoms with Crippen molar-refractivity contribution in [2.45, 2.75) is 13.8 Å². The van der Waals surface area contributed by atoms with Gasteiger partial charge in [0.15, 0.2) is 15.8 Å². The molecule has 1 N–H and O–H groups in total. The largest absolute Gasteiger partial charge is 0.504 e. The fraction of sp³-hybridized carbons (Fsp3) is 0.158. The van der Waals surface area contributed by atoms with Gasteiger partial charge in [-0.3, -0.25) is 9.69 Å². The maximum absolute atomic E-state index is 12.9. The van der Waals surface area contributed by atoms with Gasteiger partial charge in [0.2, 0.25) is 0 Å². The van der Waals surface area contributed by atoms with Gasteiger partial charge in [-0.1, -0.05) is 30.0 Å². The monoisotopic (exact) mass is 497 g/mol. The third-order valence-electron chi connectivity index (χ3n) is 4.11. The number of hydrogen-bond donors (Lipinski definition) is 1. The maximum Gasteiger partial charge on any atom is 0.270 e. The molecule has 1 saturated heterocycles. The maximum atomic E-state index is 12.9. The summed E-state index contributed by atoms with van der Waals surface area (Å²) in [5, 5.41) is 9.96. The second kappa shape index (κ2) is 7.58. The van der Waals surface area contributed by atoms with Gasteiger partial charge in [-0.05, 0) is 83.5 Å². The van der Waals surface area contributed by atoms with Crippen molar-refractivity contribution in [1.82, 2.24) is 0 Å². The molecule has 1 heterocycles. The number of benzene rings is 2. The molecule has 26 heavy (non-hydrogen) atoms. The number of aromatic hydroxyl groups is 1. The molecular weight excluding hydrogens is 481 g/mol. The van der Waals surface area contributed by atoms with Crippen molar-refractivity contribution in [3.63, 3.8) is 0 Å². The molecule has 7 heteroatoms. The molecule has 0 atom stereocenters. The quantitative estimate of drug-likeness (QED) is 0.367. The van der Waals surface area contributed by atoms with E-state index in [2.05, 4.69) is 0 Å². The Labute approximate surface area is 175 Å². The minimum absolute atomic E-state index is 0.0907. The van der Waals surface area contributed by atoms with Crippen LogP contribution in [0.4, 0.5) is 5.69 Å². The van der Waals surface area contributed by atoms with Crippen LogP contribution in [0.15, 0.2) is 35.2 Å². The highest BCUT2D eigenvalue weighted by Gasteiger charge is 2.33. The minimum atomic E-state index is -0.148. The van der Waals surface area contributed by atoms with Crippen LogP contribution in [0.3, 0.4) is 0 Å². The predicted molar refractivity (Wildman–Crippen MR) is 119 cm³/mol. The minimum Gasteiger partial charge on any atom is -0.504 e. The smallest absolute Gasteiger partial charge is 0.270 e. The summed E-state index contributed by atoms with van der Waals surface area (Å²) >= 11 is 8.72. The number of amides is 1. The van der Waals surface area contributed by atoms with Crippen molar-refractivity contribution >= 4 is 68.6 Å². The molecule has 0 saturated carbocycles. The molecular formula is C19H16INO3S2. The Kier molecular flexibility index (Phi) is 5.59. The molecule has 1 fully saturated rings. The lowest BCUT2D eigenvalue weighted by molar-refractivity contribution is -0.113. The van der Waals surface area contributed by atoms with E-state index in [1.165, 1.54) is 24.4 Å². The van der Waals surface area contributed by atoms with Gasteiger partial charge in [-0.15, -0.1) is 0 Å². The van der Waals surface area contributed by atoms with Crippen LogP contribution in [-0.2, 0) is 4.79 Å². The van der Waals surface area contributed by atoms with Crippen LogP contribution in [0.2, 0.25) is 0 Å². The first-order valence-electron chi connectivity index (χ1n) is 7.73. The second-order valence-corrected chi connectivity index (χ2v) is 8.68. The molecule has 2 aromatic carbocycles. The Hall–Kier alpha value is -1.58. The van der Waals surface area contributed by atoms with Gasteiger partial charge in [-0.2, -0.15) is 0 Å². The van der Waals surface area contributed by atoms with Crippen LogP contribution in [-0.4, -0.2) is 22.4 Å². The Morgan fingerprint density at radius 3 is 2.62 bits per heavy atom. The zero-order valence-electron chi connectivity index (χ0n) is 14.4. The highest BCUT2D eigenvalue weighted by molar-refractivity contribution is 14.1. The van der Waals surface area contributed by atoms with Crippen molar-refractivity contribution in [1.29, 1.82) is 0 Å². The van der Waals surface area contributed by atoms with Crippen molar-refractivity contribution in [2.24, 2.45) is 0 Å². The van der Waals surface area contributed by atoms with E-state index in [4.69, 9.17) is 17.0 Å². The van der Waals surface area contributed by atoms with Crippen LogP contribution in [0.1, 0.15) is 16.7 Å². The first kappa shape index (κ1) is 19.2. The van der Waals surface area contributed by atoms with E-state index in [1.807, 2.05) is 54.6 Å². The van der Waals surface area contributed by atoms with E-state index in [0.29, 0.717) is 18.5 Å². The molecule has 0 spiro atoms. The third-order valence-corrected chi connectivity index (χ3v) is 6.24. The summed E-state index contributed by atoms with van der Waals surface area (Å²) in [5.74, 6) is 0.311. The lowest BCUT2D eigenvalue weighted by Crippen LogP contribution is -2.27. The van der Waals surface area contributed by atoms with Gasteiger partial charge in [0, 0.05) is 0 Å². The van der Waals surface area contributed by atoms with E-state index in [-0.39, 0.29) is 11.7 Å². The first-order valence-corrected chi connectivity index (χ1v) is 10.0. The number of rotatable bonds is 3. The number of phenols is 1. The summed E-state index contributed by atoms with van der Waals surface area (Å²) in [6.07, 6.45) is 1.77. The number of carbonyl (C=O) groups excluding carboxylic acids is 1. The lowest BCUT2D eigenvalue weighted by Gasteiger charge is -2.16. The van der Waals surface area contributed by atoms with E-state index in [0.717, 1.165) is 16.8 Å². The van der Waals surface area contributed by atoms with Crippen molar-refractivity contribution in [2.75, 3.05) is 12.0 Å². The standard InChI is InChI=1S/C19H16INO3S2/c1-10-4-5-13(6-11(10)2)21-18(23)16(26-19(21)25)9-12-7-14(20)17(22)15(8-12)24-3/h4-9,22H,1-3H3. The molecule has 0 aromatic heterocycles. The van der Waals surface area contributed by atoms with Gasteiger partial charge in [0.1, 0.15) is 0 Å². The normalized spacial score (nSPS) is 15.8. The summed E-state index contributed by atoms with van der Waals surface area (Å²) in [6.45, 7) is 4.04. The van der Waals surface area contributed by atoms with E-state index >= 15 is 0 Å². The molecule has 0 radical (unpaired) electrons. The number of ether oxygens (including phenoxy) is 1. The second-order valence-electron chi connectivity index (χ2n) is 5.84. The lowest BCUT2D eigenvalue weighted by atomic mass is 10.1. The summed E-state index contributed by atoms with van der Waals surface area (Å²) < 4.78 is 6.34. The number of anilines is 1. The van der Waals surface area contributed by atoms with Gasteiger partial charge < -0.3 is 9.84 Å². The summed E-state index contributed by atoms with van der Waals surface area (Å²) in [5.41, 5.74) is 3.82. The Morgan fingerprint density at radius 1 is 1.23 bits per heavy atom. The van der Waals surface area contributed by atoms with Gasteiger partial charge in [0.05, 0.1) is 21.3 Å². The van der Waals surface area contributed by atoms with Crippen LogP contribution in [0.25, 0.3) is 6.08 Å². The number of hydrogen-bond acceptors (Lipinski definition) is 5. The molecule has 0 aliphatic carbocycles. The zero-order valence-corrected chi connectivity index (χ0v) is 18.2. The zero-order chi connectivity index (χ0) is 19.0. The third kappa shape index (κ3) is 3.60. The van der Waals surface area contributed by atoms with Crippen LogP contribution >= 0.6 is 46.6 Å².